The van der Waals surface area contributed by atoms with E-state index in [0.717, 1.165) is 30.5 Å². The molecule has 0 spiro atoms. The van der Waals surface area contributed by atoms with Crippen molar-refractivity contribution in [3.63, 3.8) is 0 Å². The molecular formula is C17H33N3. The second kappa shape index (κ2) is 6.76. The van der Waals surface area contributed by atoms with Gasteiger partial charge in [0.2, 0.25) is 0 Å². The first-order chi connectivity index (χ1) is 9.81. The average Bonchev–Trinajstić information content (AvgIpc) is 2.53. The van der Waals surface area contributed by atoms with Gasteiger partial charge in [0.1, 0.15) is 0 Å². The molecular weight excluding hydrogens is 246 g/mol. The fraction of sp³-hybridized carbons (Fsp3) is 1.00. The molecule has 0 aromatic heterocycles. The number of rotatable bonds is 3. The molecule has 0 aromatic rings. The number of nitrogens with zero attached hydrogens (tertiary/aromatic N) is 2. The minimum absolute atomic E-state index is 0.757. The number of hydrogen-bond acceptors (Lipinski definition) is 3. The zero-order valence-corrected chi connectivity index (χ0v) is 13.3. The van der Waals surface area contributed by atoms with Crippen LogP contribution in [-0.2, 0) is 0 Å². The largest absolute Gasteiger partial charge is 0.330 e. The predicted molar refractivity (Wildman–Crippen MR) is 84.7 cm³/mol. The van der Waals surface area contributed by atoms with Crippen LogP contribution in [0.25, 0.3) is 0 Å². The Hall–Kier alpha value is -0.120. The Kier molecular flexibility index (Phi) is 5.00. The Morgan fingerprint density at radius 3 is 2.65 bits per heavy atom. The third-order valence-electron chi connectivity index (χ3n) is 6.28. The molecule has 4 unspecified atom stereocenters. The highest BCUT2D eigenvalue weighted by atomic mass is 15.3. The quantitative estimate of drug-likeness (QED) is 0.860. The maximum Gasteiger partial charge on any atom is 0.0223 e. The van der Waals surface area contributed by atoms with Crippen LogP contribution in [0.3, 0.4) is 0 Å². The number of piperidine rings is 1. The Morgan fingerprint density at radius 1 is 1.00 bits per heavy atom. The van der Waals surface area contributed by atoms with Crippen molar-refractivity contribution < 1.29 is 0 Å². The summed E-state index contributed by atoms with van der Waals surface area (Å²) in [4.78, 5) is 5.57. The topological polar surface area (TPSA) is 32.5 Å². The Morgan fingerprint density at radius 2 is 1.85 bits per heavy atom. The molecule has 3 nitrogen and oxygen atoms in total. The van der Waals surface area contributed by atoms with Gasteiger partial charge in [0.15, 0.2) is 0 Å². The zero-order valence-electron chi connectivity index (χ0n) is 13.3. The normalized spacial score (nSPS) is 40.5. The van der Waals surface area contributed by atoms with Crippen molar-refractivity contribution in [2.75, 3.05) is 32.7 Å². The molecule has 0 amide bonds. The Labute approximate surface area is 124 Å². The van der Waals surface area contributed by atoms with Crippen molar-refractivity contribution >= 4 is 0 Å². The van der Waals surface area contributed by atoms with Gasteiger partial charge in [-0.25, -0.2) is 0 Å². The van der Waals surface area contributed by atoms with Gasteiger partial charge in [0.25, 0.3) is 0 Å². The molecule has 4 atom stereocenters. The second-order valence-electron chi connectivity index (χ2n) is 7.33. The van der Waals surface area contributed by atoms with Crippen LogP contribution in [0, 0.1) is 11.8 Å². The van der Waals surface area contributed by atoms with E-state index in [0.29, 0.717) is 0 Å². The molecule has 1 saturated carbocycles. The van der Waals surface area contributed by atoms with Crippen molar-refractivity contribution in [3.05, 3.63) is 0 Å². The molecule has 3 fully saturated rings. The van der Waals surface area contributed by atoms with E-state index >= 15 is 0 Å². The van der Waals surface area contributed by atoms with Crippen LogP contribution in [0.4, 0.5) is 0 Å². The summed E-state index contributed by atoms with van der Waals surface area (Å²) in [5.74, 6) is 1.71. The van der Waals surface area contributed by atoms with Crippen LogP contribution in [0.5, 0.6) is 0 Å². The van der Waals surface area contributed by atoms with Crippen LogP contribution < -0.4 is 5.73 Å². The second-order valence-corrected chi connectivity index (χ2v) is 7.33. The van der Waals surface area contributed by atoms with Gasteiger partial charge in [0.05, 0.1) is 0 Å². The predicted octanol–water partition coefficient (Wildman–Crippen LogP) is 2.31. The van der Waals surface area contributed by atoms with E-state index in [4.69, 9.17) is 5.73 Å². The molecule has 0 aromatic carbocycles. The highest BCUT2D eigenvalue weighted by Crippen LogP contribution is 2.35. The van der Waals surface area contributed by atoms with Crippen molar-refractivity contribution in [1.82, 2.24) is 9.80 Å². The van der Waals surface area contributed by atoms with Gasteiger partial charge in [-0.05, 0) is 50.6 Å². The summed E-state index contributed by atoms with van der Waals surface area (Å²) in [5, 5.41) is 0. The summed E-state index contributed by atoms with van der Waals surface area (Å²) >= 11 is 0. The number of hydrogen-bond donors (Lipinski definition) is 1. The minimum Gasteiger partial charge on any atom is -0.330 e. The number of piperazine rings is 1. The molecule has 3 aliphatic rings. The van der Waals surface area contributed by atoms with E-state index < -0.39 is 0 Å². The lowest BCUT2D eigenvalue weighted by atomic mass is 9.76. The van der Waals surface area contributed by atoms with Crippen molar-refractivity contribution in [2.45, 2.75) is 64.0 Å². The van der Waals surface area contributed by atoms with E-state index in [1.807, 2.05) is 0 Å². The summed E-state index contributed by atoms with van der Waals surface area (Å²) in [6.07, 6.45) is 9.83. The standard InChI is InChI=1S/C17H33N3/c1-2-14-6-7-15(12-18)17(11-14)20-10-9-19-8-4-3-5-16(19)13-20/h14-17H,2-13,18H2,1H3. The van der Waals surface area contributed by atoms with Crippen LogP contribution >= 0.6 is 0 Å². The maximum atomic E-state index is 6.08. The Balaban J connectivity index is 1.63. The summed E-state index contributed by atoms with van der Waals surface area (Å²) in [6.45, 7) is 8.51. The SMILES string of the molecule is CCC1CCC(CN)C(N2CCN3CCCCC3C2)C1. The maximum absolute atomic E-state index is 6.08. The summed E-state index contributed by atoms with van der Waals surface area (Å²) in [5.41, 5.74) is 6.08. The highest BCUT2D eigenvalue weighted by Gasteiger charge is 2.37. The van der Waals surface area contributed by atoms with Crippen molar-refractivity contribution in [1.29, 1.82) is 0 Å². The third-order valence-corrected chi connectivity index (χ3v) is 6.28. The van der Waals surface area contributed by atoms with Gasteiger partial charge in [-0.1, -0.05) is 26.2 Å². The van der Waals surface area contributed by atoms with Gasteiger partial charge in [-0.3, -0.25) is 9.80 Å². The fourth-order valence-corrected chi connectivity index (χ4v) is 4.87. The van der Waals surface area contributed by atoms with Gasteiger partial charge in [-0.15, -0.1) is 0 Å². The molecule has 0 radical (unpaired) electrons. The molecule has 0 bridgehead atoms. The molecule has 2 N–H and O–H groups in total. The zero-order chi connectivity index (χ0) is 13.9. The molecule has 3 rings (SSSR count). The smallest absolute Gasteiger partial charge is 0.0223 e. The monoisotopic (exact) mass is 279 g/mol. The molecule has 2 heterocycles. The first kappa shape index (κ1) is 14.8. The first-order valence-electron chi connectivity index (χ1n) is 9.00. The van der Waals surface area contributed by atoms with Crippen molar-refractivity contribution in [3.8, 4) is 0 Å². The lowest BCUT2D eigenvalue weighted by Gasteiger charge is -2.50. The van der Waals surface area contributed by atoms with Crippen molar-refractivity contribution in [2.24, 2.45) is 17.6 Å². The van der Waals surface area contributed by atoms with Crippen LogP contribution in [-0.4, -0.2) is 54.6 Å². The summed E-state index contributed by atoms with van der Waals surface area (Å²) in [7, 11) is 0. The summed E-state index contributed by atoms with van der Waals surface area (Å²) < 4.78 is 0. The lowest BCUT2D eigenvalue weighted by Crippen LogP contribution is -2.59. The number of fused-ring (bicyclic) bond motifs is 1. The van der Waals surface area contributed by atoms with Crippen LogP contribution in [0.1, 0.15) is 51.9 Å². The average molecular weight is 279 g/mol. The number of nitrogens with two attached hydrogens (primary N) is 1. The molecule has 1 aliphatic carbocycles. The summed E-state index contributed by atoms with van der Waals surface area (Å²) in [6, 6.07) is 1.63. The van der Waals surface area contributed by atoms with E-state index in [2.05, 4.69) is 16.7 Å². The molecule has 2 aliphatic heterocycles. The third kappa shape index (κ3) is 3.05. The van der Waals surface area contributed by atoms with E-state index in [9.17, 15) is 0 Å². The molecule has 116 valence electrons. The van der Waals surface area contributed by atoms with E-state index in [1.54, 1.807) is 0 Å². The van der Waals surface area contributed by atoms with Gasteiger partial charge in [-0.2, -0.15) is 0 Å². The lowest BCUT2D eigenvalue weighted by molar-refractivity contribution is -0.00567. The first-order valence-corrected chi connectivity index (χ1v) is 9.00. The van der Waals surface area contributed by atoms with Crippen LogP contribution in [0.15, 0.2) is 0 Å². The van der Waals surface area contributed by atoms with Gasteiger partial charge in [0, 0.05) is 31.7 Å². The van der Waals surface area contributed by atoms with E-state index in [1.165, 1.54) is 71.1 Å². The molecule has 3 heteroatoms. The van der Waals surface area contributed by atoms with E-state index in [-0.39, 0.29) is 0 Å². The molecule has 20 heavy (non-hydrogen) atoms. The van der Waals surface area contributed by atoms with Gasteiger partial charge < -0.3 is 5.73 Å². The Bertz CT molecular complexity index is 307. The highest BCUT2D eigenvalue weighted by molar-refractivity contribution is 4.93. The minimum atomic E-state index is 0.757. The fourth-order valence-electron chi connectivity index (χ4n) is 4.87. The molecule has 2 saturated heterocycles. The van der Waals surface area contributed by atoms with Gasteiger partial charge >= 0.3 is 0 Å². The van der Waals surface area contributed by atoms with Crippen LogP contribution in [0.2, 0.25) is 0 Å².